The highest BCUT2D eigenvalue weighted by Crippen LogP contribution is 2.25. The van der Waals surface area contributed by atoms with Crippen LogP contribution in [0.1, 0.15) is 5.56 Å². The van der Waals surface area contributed by atoms with Crippen molar-refractivity contribution in [2.75, 3.05) is 0 Å². The molecule has 0 bridgehead atoms. The third-order valence-electron chi connectivity index (χ3n) is 2.10. The quantitative estimate of drug-likeness (QED) is 0.652. The van der Waals surface area contributed by atoms with Gasteiger partial charge in [-0.25, -0.2) is 4.79 Å². The Hall–Kier alpha value is -1.84. The third kappa shape index (κ3) is 1.08. The SMILES string of the molecule is Cc1c(F)c(=O)oc2c(O)cccc12. The number of hydrogen-bond donors (Lipinski definition) is 1. The fourth-order valence-corrected chi connectivity index (χ4v) is 1.34. The second kappa shape index (κ2) is 2.83. The lowest BCUT2D eigenvalue weighted by Crippen LogP contribution is -2.06. The molecule has 0 atom stereocenters. The zero-order valence-electron chi connectivity index (χ0n) is 7.37. The minimum absolute atomic E-state index is 0.0244. The van der Waals surface area contributed by atoms with Gasteiger partial charge in [-0.1, -0.05) is 12.1 Å². The van der Waals surface area contributed by atoms with Gasteiger partial charge in [0.25, 0.3) is 0 Å². The van der Waals surface area contributed by atoms with E-state index in [9.17, 15) is 14.3 Å². The van der Waals surface area contributed by atoms with Gasteiger partial charge in [-0.2, -0.15) is 4.39 Å². The molecule has 0 aliphatic rings. The van der Waals surface area contributed by atoms with Gasteiger partial charge in [-0.3, -0.25) is 0 Å². The summed E-state index contributed by atoms with van der Waals surface area (Å²) in [6, 6.07) is 4.52. The van der Waals surface area contributed by atoms with E-state index < -0.39 is 11.4 Å². The van der Waals surface area contributed by atoms with Crippen LogP contribution in [0.15, 0.2) is 27.4 Å². The minimum Gasteiger partial charge on any atom is -0.504 e. The van der Waals surface area contributed by atoms with Gasteiger partial charge in [0.05, 0.1) is 0 Å². The maximum atomic E-state index is 13.1. The summed E-state index contributed by atoms with van der Waals surface area (Å²) < 4.78 is 17.7. The van der Waals surface area contributed by atoms with E-state index in [1.54, 1.807) is 12.1 Å². The van der Waals surface area contributed by atoms with E-state index >= 15 is 0 Å². The van der Waals surface area contributed by atoms with Crippen molar-refractivity contribution < 1.29 is 13.9 Å². The third-order valence-corrected chi connectivity index (χ3v) is 2.10. The van der Waals surface area contributed by atoms with Crippen molar-refractivity contribution in [2.24, 2.45) is 0 Å². The average Bonchev–Trinajstić information content (AvgIpc) is 2.17. The molecule has 1 aromatic heterocycles. The molecular weight excluding hydrogens is 187 g/mol. The molecule has 14 heavy (non-hydrogen) atoms. The number of rotatable bonds is 0. The van der Waals surface area contributed by atoms with Gasteiger partial charge in [0.15, 0.2) is 11.3 Å². The molecule has 0 unspecified atom stereocenters. The molecule has 0 saturated heterocycles. The number of para-hydroxylation sites is 1. The molecule has 1 N–H and O–H groups in total. The van der Waals surface area contributed by atoms with E-state index in [0.29, 0.717) is 5.39 Å². The number of benzene rings is 1. The topological polar surface area (TPSA) is 50.4 Å². The molecule has 0 fully saturated rings. The summed E-state index contributed by atoms with van der Waals surface area (Å²) in [5.41, 5.74) is -0.847. The average molecular weight is 194 g/mol. The summed E-state index contributed by atoms with van der Waals surface area (Å²) in [5.74, 6) is -1.08. The van der Waals surface area contributed by atoms with Gasteiger partial charge >= 0.3 is 5.63 Å². The lowest BCUT2D eigenvalue weighted by atomic mass is 10.1. The zero-order chi connectivity index (χ0) is 10.3. The van der Waals surface area contributed by atoms with Crippen LogP contribution in [0, 0.1) is 12.7 Å². The Bertz CT molecular complexity index is 557. The van der Waals surface area contributed by atoms with Gasteiger partial charge < -0.3 is 9.52 Å². The smallest absolute Gasteiger partial charge is 0.373 e. The first-order valence-corrected chi connectivity index (χ1v) is 4.02. The Morgan fingerprint density at radius 2 is 2.14 bits per heavy atom. The molecule has 0 aliphatic heterocycles. The number of phenols is 1. The number of aryl methyl sites for hydroxylation is 1. The lowest BCUT2D eigenvalue weighted by molar-refractivity contribution is 0.441. The Kier molecular flexibility index (Phi) is 1.77. The summed E-state index contributed by atoms with van der Waals surface area (Å²) in [6.07, 6.45) is 0. The minimum atomic E-state index is -1.06. The van der Waals surface area contributed by atoms with Crippen molar-refractivity contribution in [3.63, 3.8) is 0 Å². The highest BCUT2D eigenvalue weighted by atomic mass is 19.1. The molecule has 1 heterocycles. The monoisotopic (exact) mass is 194 g/mol. The maximum Gasteiger partial charge on any atom is 0.373 e. The van der Waals surface area contributed by atoms with E-state index in [2.05, 4.69) is 4.42 Å². The molecule has 2 rings (SSSR count). The first-order chi connectivity index (χ1) is 6.61. The standard InChI is InChI=1S/C10H7FO3/c1-5-6-3-2-4-7(12)9(6)14-10(13)8(5)11/h2-4,12H,1H3. The summed E-state index contributed by atoms with van der Waals surface area (Å²) >= 11 is 0. The molecule has 0 amide bonds. The molecular formula is C10H7FO3. The molecule has 1 aromatic carbocycles. The van der Waals surface area contributed by atoms with Gasteiger partial charge in [0.1, 0.15) is 0 Å². The summed E-state index contributed by atoms with van der Waals surface area (Å²) in [6.45, 7) is 1.47. The fourth-order valence-electron chi connectivity index (χ4n) is 1.34. The Balaban J connectivity index is 3.06. The van der Waals surface area contributed by atoms with Crippen LogP contribution in [-0.4, -0.2) is 5.11 Å². The van der Waals surface area contributed by atoms with Crippen LogP contribution in [0.25, 0.3) is 11.0 Å². The molecule has 4 heteroatoms. The van der Waals surface area contributed by atoms with Crippen LogP contribution in [0.4, 0.5) is 4.39 Å². The zero-order valence-corrected chi connectivity index (χ0v) is 7.37. The van der Waals surface area contributed by atoms with Crippen LogP contribution in [0.3, 0.4) is 0 Å². The first kappa shape index (κ1) is 8.74. The lowest BCUT2D eigenvalue weighted by Gasteiger charge is -2.02. The molecule has 0 saturated carbocycles. The second-order valence-electron chi connectivity index (χ2n) is 2.98. The summed E-state index contributed by atoms with van der Waals surface area (Å²) in [7, 11) is 0. The predicted molar refractivity (Wildman–Crippen MR) is 48.8 cm³/mol. The van der Waals surface area contributed by atoms with Crippen molar-refractivity contribution in [1.29, 1.82) is 0 Å². The number of halogens is 1. The largest absolute Gasteiger partial charge is 0.504 e. The predicted octanol–water partition coefficient (Wildman–Crippen LogP) is 1.95. The van der Waals surface area contributed by atoms with E-state index in [1.165, 1.54) is 13.0 Å². The Morgan fingerprint density at radius 1 is 1.43 bits per heavy atom. The van der Waals surface area contributed by atoms with Crippen LogP contribution in [0.2, 0.25) is 0 Å². The van der Waals surface area contributed by atoms with Crippen molar-refractivity contribution in [3.8, 4) is 5.75 Å². The fraction of sp³-hybridized carbons (Fsp3) is 0.100. The van der Waals surface area contributed by atoms with Crippen LogP contribution >= 0.6 is 0 Å². The van der Waals surface area contributed by atoms with E-state index in [4.69, 9.17) is 0 Å². The number of aromatic hydroxyl groups is 1. The second-order valence-corrected chi connectivity index (χ2v) is 2.98. The van der Waals surface area contributed by atoms with Gasteiger partial charge in [-0.15, -0.1) is 0 Å². The van der Waals surface area contributed by atoms with E-state index in [0.717, 1.165) is 0 Å². The maximum absolute atomic E-state index is 13.1. The number of phenolic OH excluding ortho intramolecular Hbond substituents is 1. The normalized spacial score (nSPS) is 10.7. The molecule has 0 radical (unpaired) electrons. The van der Waals surface area contributed by atoms with Crippen LogP contribution in [0.5, 0.6) is 5.75 Å². The van der Waals surface area contributed by atoms with Crippen molar-refractivity contribution in [1.82, 2.24) is 0 Å². The van der Waals surface area contributed by atoms with Crippen molar-refractivity contribution in [2.45, 2.75) is 6.92 Å². The Labute approximate surface area is 78.4 Å². The molecule has 72 valence electrons. The van der Waals surface area contributed by atoms with E-state index in [-0.39, 0.29) is 16.9 Å². The first-order valence-electron chi connectivity index (χ1n) is 4.02. The van der Waals surface area contributed by atoms with Crippen molar-refractivity contribution in [3.05, 3.63) is 40.0 Å². The molecule has 3 nitrogen and oxygen atoms in total. The molecule has 0 aliphatic carbocycles. The van der Waals surface area contributed by atoms with Crippen molar-refractivity contribution >= 4 is 11.0 Å². The van der Waals surface area contributed by atoms with E-state index in [1.807, 2.05) is 0 Å². The van der Waals surface area contributed by atoms with Crippen LogP contribution in [-0.2, 0) is 0 Å². The number of fused-ring (bicyclic) bond motifs is 1. The summed E-state index contributed by atoms with van der Waals surface area (Å²) in [5, 5.41) is 9.76. The van der Waals surface area contributed by atoms with Gasteiger partial charge in [0, 0.05) is 10.9 Å². The summed E-state index contributed by atoms with van der Waals surface area (Å²) in [4.78, 5) is 11.0. The Morgan fingerprint density at radius 3 is 2.86 bits per heavy atom. The van der Waals surface area contributed by atoms with Gasteiger partial charge in [-0.05, 0) is 13.0 Å². The number of hydrogen-bond acceptors (Lipinski definition) is 3. The molecule has 0 spiro atoms. The van der Waals surface area contributed by atoms with Gasteiger partial charge in [0.2, 0.25) is 5.82 Å². The molecule has 2 aromatic rings. The highest BCUT2D eigenvalue weighted by Gasteiger charge is 2.12. The highest BCUT2D eigenvalue weighted by molar-refractivity contribution is 5.84. The van der Waals surface area contributed by atoms with Crippen LogP contribution < -0.4 is 5.63 Å².